The van der Waals surface area contributed by atoms with Crippen molar-refractivity contribution in [1.82, 2.24) is 5.32 Å². The first-order valence-electron chi connectivity index (χ1n) is 6.38. The van der Waals surface area contributed by atoms with Gasteiger partial charge in [0.25, 0.3) is 0 Å². The van der Waals surface area contributed by atoms with E-state index in [0.717, 1.165) is 19.8 Å². The zero-order valence-electron chi connectivity index (χ0n) is 10.3. The molecule has 2 nitrogen and oxygen atoms in total. The highest BCUT2D eigenvalue weighted by Gasteiger charge is 2.26. The molecule has 1 saturated heterocycles. The average Bonchev–Trinajstić information content (AvgIpc) is 2.85. The summed E-state index contributed by atoms with van der Waals surface area (Å²) in [7, 11) is 0. The van der Waals surface area contributed by atoms with Gasteiger partial charge in [-0.15, -0.1) is 0 Å². The summed E-state index contributed by atoms with van der Waals surface area (Å²) in [5, 5.41) is 3.66. The molecule has 0 bridgehead atoms. The Balaban J connectivity index is 2.10. The van der Waals surface area contributed by atoms with E-state index in [1.165, 1.54) is 22.0 Å². The molecule has 94 valence electrons. The van der Waals surface area contributed by atoms with Gasteiger partial charge in [-0.05, 0) is 59.7 Å². The van der Waals surface area contributed by atoms with Crippen molar-refractivity contribution in [2.75, 3.05) is 19.8 Å². The molecule has 3 heteroatoms. The molecule has 0 radical (unpaired) electrons. The fourth-order valence-electron chi connectivity index (χ4n) is 2.34. The highest BCUT2D eigenvalue weighted by molar-refractivity contribution is 14.1. The Kier molecular flexibility index (Phi) is 5.25. The van der Waals surface area contributed by atoms with E-state index in [-0.39, 0.29) is 0 Å². The van der Waals surface area contributed by atoms with Crippen LogP contribution in [0.15, 0.2) is 24.3 Å². The van der Waals surface area contributed by atoms with Crippen molar-refractivity contribution in [3.05, 3.63) is 33.4 Å². The van der Waals surface area contributed by atoms with Crippen LogP contribution in [0.1, 0.15) is 31.4 Å². The molecule has 2 atom stereocenters. The number of nitrogens with one attached hydrogen (secondary N) is 1. The van der Waals surface area contributed by atoms with Crippen LogP contribution < -0.4 is 5.32 Å². The first-order valence-corrected chi connectivity index (χ1v) is 7.45. The van der Waals surface area contributed by atoms with E-state index < -0.39 is 0 Å². The smallest absolute Gasteiger partial charge is 0.0513 e. The lowest BCUT2D eigenvalue weighted by atomic mass is 9.92. The molecule has 1 aliphatic rings. The maximum Gasteiger partial charge on any atom is 0.0513 e. The van der Waals surface area contributed by atoms with Crippen LogP contribution in [-0.4, -0.2) is 19.8 Å². The van der Waals surface area contributed by atoms with Gasteiger partial charge in [0, 0.05) is 22.1 Å². The Labute approximate surface area is 117 Å². The van der Waals surface area contributed by atoms with Gasteiger partial charge in [0.2, 0.25) is 0 Å². The van der Waals surface area contributed by atoms with Crippen LogP contribution in [0.4, 0.5) is 0 Å². The van der Waals surface area contributed by atoms with E-state index in [0.29, 0.717) is 12.0 Å². The molecular weight excluding hydrogens is 325 g/mol. The number of hydrogen-bond acceptors (Lipinski definition) is 2. The van der Waals surface area contributed by atoms with Gasteiger partial charge >= 0.3 is 0 Å². The summed E-state index contributed by atoms with van der Waals surface area (Å²) in [5.74, 6) is 0.626. The number of rotatable bonds is 5. The van der Waals surface area contributed by atoms with Crippen molar-refractivity contribution in [2.45, 2.75) is 25.8 Å². The molecular formula is C14H20INO. The van der Waals surface area contributed by atoms with Crippen LogP contribution in [0.2, 0.25) is 0 Å². The van der Waals surface area contributed by atoms with Crippen LogP contribution in [-0.2, 0) is 4.74 Å². The maximum atomic E-state index is 5.52. The molecule has 17 heavy (non-hydrogen) atoms. The Bertz CT molecular complexity index is 333. The van der Waals surface area contributed by atoms with Crippen LogP contribution >= 0.6 is 22.6 Å². The summed E-state index contributed by atoms with van der Waals surface area (Å²) >= 11 is 2.35. The molecule has 2 unspecified atom stereocenters. The van der Waals surface area contributed by atoms with Gasteiger partial charge < -0.3 is 10.1 Å². The summed E-state index contributed by atoms with van der Waals surface area (Å²) in [6.45, 7) is 5.10. The Hall–Kier alpha value is -0.130. The van der Waals surface area contributed by atoms with E-state index in [9.17, 15) is 0 Å². The van der Waals surface area contributed by atoms with Gasteiger partial charge in [-0.1, -0.05) is 19.1 Å². The van der Waals surface area contributed by atoms with Crippen molar-refractivity contribution in [3.63, 3.8) is 0 Å². The SMILES string of the molecule is CCCNC(c1ccc(I)cc1)C1CCOC1. The maximum absolute atomic E-state index is 5.52. The van der Waals surface area contributed by atoms with Crippen LogP contribution in [0.5, 0.6) is 0 Å². The molecule has 1 N–H and O–H groups in total. The minimum atomic E-state index is 0.453. The minimum Gasteiger partial charge on any atom is -0.381 e. The largest absolute Gasteiger partial charge is 0.381 e. The second-order valence-corrected chi connectivity index (χ2v) is 5.85. The summed E-state index contributed by atoms with van der Waals surface area (Å²) in [4.78, 5) is 0. The number of hydrogen-bond donors (Lipinski definition) is 1. The molecule has 0 amide bonds. The van der Waals surface area contributed by atoms with Gasteiger partial charge in [0.05, 0.1) is 6.61 Å². The lowest BCUT2D eigenvalue weighted by Gasteiger charge is -2.24. The number of benzene rings is 1. The fourth-order valence-corrected chi connectivity index (χ4v) is 2.70. The summed E-state index contributed by atoms with van der Waals surface area (Å²) in [5.41, 5.74) is 1.40. The highest BCUT2D eigenvalue weighted by Crippen LogP contribution is 2.29. The van der Waals surface area contributed by atoms with Gasteiger partial charge in [0.15, 0.2) is 0 Å². The Morgan fingerprint density at radius 2 is 2.18 bits per heavy atom. The first kappa shape index (κ1) is 13.3. The Morgan fingerprint density at radius 3 is 2.76 bits per heavy atom. The third kappa shape index (κ3) is 3.66. The third-order valence-electron chi connectivity index (χ3n) is 3.28. The quantitative estimate of drug-likeness (QED) is 0.827. The van der Waals surface area contributed by atoms with Crippen molar-refractivity contribution in [1.29, 1.82) is 0 Å². The number of ether oxygens (including phenoxy) is 1. The fraction of sp³-hybridized carbons (Fsp3) is 0.571. The third-order valence-corrected chi connectivity index (χ3v) is 4.00. The van der Waals surface area contributed by atoms with Crippen molar-refractivity contribution in [3.8, 4) is 0 Å². The lowest BCUT2D eigenvalue weighted by molar-refractivity contribution is 0.176. The van der Waals surface area contributed by atoms with Gasteiger partial charge in [-0.25, -0.2) is 0 Å². The second-order valence-electron chi connectivity index (χ2n) is 4.61. The Morgan fingerprint density at radius 1 is 1.41 bits per heavy atom. The predicted octanol–water partition coefficient (Wildman–Crippen LogP) is 3.37. The second kappa shape index (κ2) is 6.71. The molecule has 2 rings (SSSR count). The number of halogens is 1. The van der Waals surface area contributed by atoms with Crippen LogP contribution in [0, 0.1) is 9.49 Å². The van der Waals surface area contributed by atoms with E-state index in [4.69, 9.17) is 4.74 Å². The summed E-state index contributed by atoms with van der Waals surface area (Å²) < 4.78 is 6.82. The highest BCUT2D eigenvalue weighted by atomic mass is 127. The molecule has 0 saturated carbocycles. The normalized spacial score (nSPS) is 21.6. The van der Waals surface area contributed by atoms with Crippen molar-refractivity contribution in [2.24, 2.45) is 5.92 Å². The van der Waals surface area contributed by atoms with Gasteiger partial charge in [-0.2, -0.15) is 0 Å². The molecule has 1 heterocycles. The predicted molar refractivity (Wildman–Crippen MR) is 79.1 cm³/mol. The average molecular weight is 345 g/mol. The molecule has 1 aromatic carbocycles. The van der Waals surface area contributed by atoms with Crippen LogP contribution in [0.25, 0.3) is 0 Å². The van der Waals surface area contributed by atoms with E-state index in [1.54, 1.807) is 0 Å². The molecule has 0 aromatic heterocycles. The van der Waals surface area contributed by atoms with E-state index in [1.807, 2.05) is 0 Å². The first-order chi connectivity index (χ1) is 8.31. The van der Waals surface area contributed by atoms with E-state index in [2.05, 4.69) is 59.1 Å². The van der Waals surface area contributed by atoms with Crippen molar-refractivity contribution < 1.29 is 4.74 Å². The topological polar surface area (TPSA) is 21.3 Å². The van der Waals surface area contributed by atoms with Gasteiger partial charge in [0.1, 0.15) is 0 Å². The van der Waals surface area contributed by atoms with Crippen molar-refractivity contribution >= 4 is 22.6 Å². The van der Waals surface area contributed by atoms with Crippen LogP contribution in [0.3, 0.4) is 0 Å². The molecule has 1 aromatic rings. The van der Waals surface area contributed by atoms with Gasteiger partial charge in [-0.3, -0.25) is 0 Å². The van der Waals surface area contributed by atoms with E-state index >= 15 is 0 Å². The molecule has 0 spiro atoms. The lowest BCUT2D eigenvalue weighted by Crippen LogP contribution is -2.29. The summed E-state index contributed by atoms with van der Waals surface area (Å²) in [6.07, 6.45) is 2.35. The molecule has 0 aliphatic carbocycles. The zero-order chi connectivity index (χ0) is 12.1. The molecule has 1 aliphatic heterocycles. The molecule has 1 fully saturated rings. The monoisotopic (exact) mass is 345 g/mol. The standard InChI is InChI=1S/C14H20INO/c1-2-8-16-14(12-7-9-17-10-12)11-3-5-13(15)6-4-11/h3-6,12,14,16H,2,7-10H2,1H3. The summed E-state index contributed by atoms with van der Waals surface area (Å²) in [6, 6.07) is 9.31. The zero-order valence-corrected chi connectivity index (χ0v) is 12.4. The minimum absolute atomic E-state index is 0.453.